The summed E-state index contributed by atoms with van der Waals surface area (Å²) in [7, 11) is 0. The number of hydrogen-bond acceptors (Lipinski definition) is 10. The molecule has 194 valence electrons. The van der Waals surface area contributed by atoms with Crippen LogP contribution in [0.4, 0.5) is 0 Å². The van der Waals surface area contributed by atoms with Crippen LogP contribution in [0.15, 0.2) is 11.6 Å². The molecule has 5 rings (SSSR count). The van der Waals surface area contributed by atoms with Gasteiger partial charge in [-0.25, -0.2) is 4.79 Å². The van der Waals surface area contributed by atoms with E-state index in [0.717, 1.165) is 0 Å². The van der Waals surface area contributed by atoms with E-state index in [-0.39, 0.29) is 19.4 Å². The number of aliphatic hydroxyl groups is 4. The molecule has 2 bridgehead atoms. The van der Waals surface area contributed by atoms with Crippen molar-refractivity contribution in [1.82, 2.24) is 0 Å². The molecule has 0 amide bonds. The highest BCUT2D eigenvalue weighted by Gasteiger charge is 2.83. The third kappa shape index (κ3) is 3.03. The Morgan fingerprint density at radius 3 is 2.57 bits per heavy atom. The minimum absolute atomic E-state index is 0.107. The summed E-state index contributed by atoms with van der Waals surface area (Å²) in [4.78, 5) is 38.7. The summed E-state index contributed by atoms with van der Waals surface area (Å²) >= 11 is 0. The number of ether oxygens (including phenoxy) is 3. The number of rotatable bonds is 3. The molecule has 5 aliphatic rings. The van der Waals surface area contributed by atoms with Crippen molar-refractivity contribution in [2.75, 3.05) is 6.61 Å². The summed E-state index contributed by atoms with van der Waals surface area (Å²) in [6.07, 6.45) is -3.81. The van der Waals surface area contributed by atoms with Crippen molar-refractivity contribution in [3.05, 3.63) is 11.6 Å². The number of carbonyl (C=O) groups is 3. The van der Waals surface area contributed by atoms with Crippen LogP contribution in [0.1, 0.15) is 47.5 Å². The summed E-state index contributed by atoms with van der Waals surface area (Å²) in [6.45, 7) is 7.91. The van der Waals surface area contributed by atoms with Crippen molar-refractivity contribution in [3.63, 3.8) is 0 Å². The van der Waals surface area contributed by atoms with E-state index >= 15 is 0 Å². The molecule has 11 atom stereocenters. The van der Waals surface area contributed by atoms with Crippen LogP contribution in [0.5, 0.6) is 0 Å². The van der Waals surface area contributed by atoms with Crippen molar-refractivity contribution in [1.29, 1.82) is 0 Å². The smallest absolute Gasteiger partial charge is 0.348 e. The maximum Gasteiger partial charge on any atom is 0.348 e. The van der Waals surface area contributed by atoms with Gasteiger partial charge in [0.1, 0.15) is 18.3 Å². The average Bonchev–Trinajstić information content (AvgIpc) is 3.02. The number of allylic oxidation sites excluding steroid dienone is 1. The monoisotopic (exact) mass is 494 g/mol. The Morgan fingerprint density at radius 1 is 1.29 bits per heavy atom. The lowest BCUT2D eigenvalue weighted by atomic mass is 9.38. The molecule has 4 N–H and O–H groups in total. The Labute approximate surface area is 203 Å². The number of esters is 2. The molecule has 2 saturated carbocycles. The fourth-order valence-electron chi connectivity index (χ4n) is 8.27. The molecular weight excluding hydrogens is 460 g/mol. The van der Waals surface area contributed by atoms with E-state index in [0.29, 0.717) is 5.57 Å². The summed E-state index contributed by atoms with van der Waals surface area (Å²) in [5.74, 6) is -7.14. The largest absolute Gasteiger partial charge is 0.459 e. The Hall–Kier alpha value is -1.85. The molecular formula is C25H34O10. The fourth-order valence-corrected chi connectivity index (χ4v) is 8.27. The van der Waals surface area contributed by atoms with Gasteiger partial charge in [0.15, 0.2) is 11.6 Å². The predicted molar refractivity (Wildman–Crippen MR) is 117 cm³/mol. The first-order valence-corrected chi connectivity index (χ1v) is 12.2. The molecule has 0 radical (unpaired) electrons. The minimum atomic E-state index is -2.11. The highest BCUT2D eigenvalue weighted by molar-refractivity contribution is 5.96. The second kappa shape index (κ2) is 7.35. The molecule has 3 aliphatic carbocycles. The van der Waals surface area contributed by atoms with Crippen LogP contribution in [0.25, 0.3) is 0 Å². The van der Waals surface area contributed by atoms with Gasteiger partial charge in [0.25, 0.3) is 0 Å². The molecule has 1 spiro atoms. The SMILES string of the molecule is CC1=CC(=O)[C@@H](O)[C@]2(C)[C@H]3[C@@]4(O)OC[C@]35[C@H]([C@@H](C)[C@H]4O)[C@@H](OC(=O)CC(C)(C)O)C(=O)O[C@@H]5C[C@@H]12. The van der Waals surface area contributed by atoms with Crippen molar-refractivity contribution >= 4 is 17.7 Å². The second-order valence-electron chi connectivity index (χ2n) is 12.1. The van der Waals surface area contributed by atoms with Crippen molar-refractivity contribution in [2.45, 2.75) is 83.3 Å². The van der Waals surface area contributed by atoms with Gasteiger partial charge in [-0.15, -0.1) is 0 Å². The highest BCUT2D eigenvalue weighted by atomic mass is 16.7. The van der Waals surface area contributed by atoms with Gasteiger partial charge >= 0.3 is 11.9 Å². The Morgan fingerprint density at radius 2 is 1.94 bits per heavy atom. The zero-order chi connectivity index (χ0) is 25.9. The van der Waals surface area contributed by atoms with E-state index < -0.39 is 88.0 Å². The molecule has 10 nitrogen and oxygen atoms in total. The highest BCUT2D eigenvalue weighted by Crippen LogP contribution is 2.73. The molecule has 0 aromatic carbocycles. The van der Waals surface area contributed by atoms with E-state index in [9.17, 15) is 34.8 Å². The van der Waals surface area contributed by atoms with Crippen LogP contribution < -0.4 is 0 Å². The van der Waals surface area contributed by atoms with E-state index in [1.165, 1.54) is 19.9 Å². The van der Waals surface area contributed by atoms with Crippen LogP contribution in [0.3, 0.4) is 0 Å². The van der Waals surface area contributed by atoms with Gasteiger partial charge in [0.2, 0.25) is 6.10 Å². The molecule has 4 fully saturated rings. The summed E-state index contributed by atoms with van der Waals surface area (Å²) in [6, 6.07) is 0. The molecule has 0 unspecified atom stereocenters. The zero-order valence-electron chi connectivity index (χ0n) is 20.6. The standard InChI is InChI=1S/C25H34O10/c1-10-6-13(26)19(29)23(5)12(10)7-14-24-9-33-25(32,21(23)24)18(28)11(2)16(24)17(20(30)34-14)35-15(27)8-22(3,4)31/h6,11-12,14,16-19,21,28-29,31-32H,7-9H2,1-5H3/t11-,12+,14-,16-,17-,18-,19-,21-,23-,24+,25+/m1/s1. The number of carbonyl (C=O) groups excluding carboxylic acids is 3. The molecule has 2 saturated heterocycles. The number of hydrogen-bond donors (Lipinski definition) is 4. The third-order valence-electron chi connectivity index (χ3n) is 9.47. The van der Waals surface area contributed by atoms with Crippen LogP contribution in [0, 0.1) is 34.5 Å². The maximum absolute atomic E-state index is 13.2. The predicted octanol–water partition coefficient (Wildman–Crippen LogP) is -0.151. The Bertz CT molecular complexity index is 1010. The van der Waals surface area contributed by atoms with Gasteiger partial charge in [-0.05, 0) is 45.1 Å². The van der Waals surface area contributed by atoms with E-state index in [4.69, 9.17) is 14.2 Å². The van der Waals surface area contributed by atoms with Crippen molar-refractivity contribution in [2.24, 2.45) is 34.5 Å². The molecule has 2 heterocycles. The first-order valence-electron chi connectivity index (χ1n) is 12.2. The topological polar surface area (TPSA) is 160 Å². The van der Waals surface area contributed by atoms with Gasteiger partial charge in [-0.2, -0.15) is 0 Å². The third-order valence-corrected chi connectivity index (χ3v) is 9.47. The van der Waals surface area contributed by atoms with Crippen molar-refractivity contribution in [3.8, 4) is 0 Å². The first-order chi connectivity index (χ1) is 16.1. The number of aliphatic hydroxyl groups excluding tert-OH is 2. The van der Waals surface area contributed by atoms with E-state index in [1.807, 2.05) is 0 Å². The maximum atomic E-state index is 13.2. The summed E-state index contributed by atoms with van der Waals surface area (Å²) in [5.41, 5.74) is -3.02. The molecule has 2 aliphatic heterocycles. The minimum Gasteiger partial charge on any atom is -0.459 e. The second-order valence-corrected chi connectivity index (χ2v) is 12.1. The fraction of sp³-hybridized carbons (Fsp3) is 0.800. The van der Waals surface area contributed by atoms with E-state index in [2.05, 4.69) is 0 Å². The lowest BCUT2D eigenvalue weighted by Gasteiger charge is -2.68. The van der Waals surface area contributed by atoms with E-state index in [1.54, 1.807) is 20.8 Å². The Balaban J connectivity index is 1.66. The lowest BCUT2D eigenvalue weighted by Crippen LogP contribution is -2.78. The van der Waals surface area contributed by atoms with Crippen LogP contribution >= 0.6 is 0 Å². The van der Waals surface area contributed by atoms with Gasteiger partial charge in [-0.1, -0.05) is 19.4 Å². The molecule has 0 aromatic heterocycles. The number of ketones is 1. The first kappa shape index (κ1) is 24.8. The molecule has 10 heteroatoms. The van der Waals surface area contributed by atoms with Crippen LogP contribution in [-0.2, 0) is 28.6 Å². The van der Waals surface area contributed by atoms with Gasteiger partial charge in [0, 0.05) is 22.7 Å². The molecule has 0 aromatic rings. The summed E-state index contributed by atoms with van der Waals surface area (Å²) in [5, 5.41) is 44.4. The van der Waals surface area contributed by atoms with Gasteiger partial charge < -0.3 is 34.6 Å². The van der Waals surface area contributed by atoms with Crippen molar-refractivity contribution < 1.29 is 49.0 Å². The zero-order valence-corrected chi connectivity index (χ0v) is 20.6. The normalized spacial score (nSPS) is 50.6. The number of fused-ring (bicyclic) bond motifs is 1. The van der Waals surface area contributed by atoms with Gasteiger partial charge in [0.05, 0.1) is 18.6 Å². The van der Waals surface area contributed by atoms with Gasteiger partial charge in [-0.3, -0.25) is 9.59 Å². The Kier molecular flexibility index (Phi) is 5.21. The molecule has 35 heavy (non-hydrogen) atoms. The lowest BCUT2D eigenvalue weighted by molar-refractivity contribution is -0.340. The van der Waals surface area contributed by atoms with Crippen LogP contribution in [-0.4, -0.2) is 80.6 Å². The average molecular weight is 495 g/mol. The quantitative estimate of drug-likeness (QED) is 0.389. The van der Waals surface area contributed by atoms with Crippen LogP contribution in [0.2, 0.25) is 0 Å². The summed E-state index contributed by atoms with van der Waals surface area (Å²) < 4.78 is 17.4.